The molecule has 1 rings (SSSR count). The summed E-state index contributed by atoms with van der Waals surface area (Å²) in [5.74, 6) is 1.63. The first kappa shape index (κ1) is 14.5. The molecule has 3 nitrogen and oxygen atoms in total. The van der Waals surface area contributed by atoms with Gasteiger partial charge in [0.05, 0.1) is 12.3 Å². The normalized spacial score (nSPS) is 10.9. The Morgan fingerprint density at radius 3 is 2.65 bits per heavy atom. The van der Waals surface area contributed by atoms with Crippen molar-refractivity contribution in [2.75, 3.05) is 31.7 Å². The first-order valence-electron chi connectivity index (χ1n) is 5.91. The third-order valence-corrected chi connectivity index (χ3v) is 3.32. The lowest BCUT2D eigenvalue weighted by Crippen LogP contribution is -2.31. The maximum absolute atomic E-state index is 5.15. The molecular formula is C13H21BrN2O. The Morgan fingerprint density at radius 1 is 1.41 bits per heavy atom. The molecule has 1 aromatic heterocycles. The minimum atomic E-state index is 0.609. The van der Waals surface area contributed by atoms with Gasteiger partial charge in [-0.2, -0.15) is 0 Å². The Bertz CT molecular complexity index is 355. The Morgan fingerprint density at radius 2 is 2.12 bits per heavy atom. The largest absolute Gasteiger partial charge is 0.383 e. The lowest BCUT2D eigenvalue weighted by atomic mass is 10.2. The number of methoxy groups -OCH3 is 1. The summed E-state index contributed by atoms with van der Waals surface area (Å²) < 4.78 is 6.20. The van der Waals surface area contributed by atoms with Gasteiger partial charge in [0, 0.05) is 24.7 Å². The lowest BCUT2D eigenvalue weighted by Gasteiger charge is -2.25. The van der Waals surface area contributed by atoms with Crippen LogP contribution in [0.2, 0.25) is 0 Å². The standard InChI is InChI=1S/C13H21BrN2O/c1-10(2)9-16(7-8-17-4)13-6-5-12(14)11(3)15-13/h5-6,10H,7-9H2,1-4H3. The van der Waals surface area contributed by atoms with Crippen LogP contribution < -0.4 is 4.90 Å². The van der Waals surface area contributed by atoms with Crippen molar-refractivity contribution in [3.8, 4) is 0 Å². The van der Waals surface area contributed by atoms with E-state index in [0.717, 1.165) is 35.7 Å². The van der Waals surface area contributed by atoms with Gasteiger partial charge in [-0.15, -0.1) is 0 Å². The van der Waals surface area contributed by atoms with E-state index in [-0.39, 0.29) is 0 Å². The summed E-state index contributed by atoms with van der Waals surface area (Å²) in [7, 11) is 1.73. The Labute approximate surface area is 112 Å². The number of hydrogen-bond donors (Lipinski definition) is 0. The van der Waals surface area contributed by atoms with Crippen molar-refractivity contribution in [3.05, 3.63) is 22.3 Å². The van der Waals surface area contributed by atoms with Crippen molar-refractivity contribution in [2.24, 2.45) is 5.92 Å². The average molecular weight is 301 g/mol. The summed E-state index contributed by atoms with van der Waals surface area (Å²) in [4.78, 5) is 6.87. The summed E-state index contributed by atoms with van der Waals surface area (Å²) in [5.41, 5.74) is 1.02. The third kappa shape index (κ3) is 4.64. The molecule has 0 bridgehead atoms. The molecule has 0 saturated heterocycles. The molecule has 0 radical (unpaired) electrons. The molecule has 96 valence electrons. The van der Waals surface area contributed by atoms with E-state index in [9.17, 15) is 0 Å². The second-order valence-electron chi connectivity index (χ2n) is 4.57. The van der Waals surface area contributed by atoms with E-state index in [2.05, 4.69) is 51.8 Å². The summed E-state index contributed by atoms with van der Waals surface area (Å²) >= 11 is 3.48. The van der Waals surface area contributed by atoms with Gasteiger partial charge in [0.2, 0.25) is 0 Å². The van der Waals surface area contributed by atoms with Crippen LogP contribution in [0.25, 0.3) is 0 Å². The van der Waals surface area contributed by atoms with Crippen molar-refractivity contribution in [1.29, 1.82) is 0 Å². The number of anilines is 1. The molecule has 0 aromatic carbocycles. The number of hydrogen-bond acceptors (Lipinski definition) is 3. The van der Waals surface area contributed by atoms with Crippen molar-refractivity contribution in [2.45, 2.75) is 20.8 Å². The highest BCUT2D eigenvalue weighted by Crippen LogP contribution is 2.19. The van der Waals surface area contributed by atoms with Crippen LogP contribution in [0.3, 0.4) is 0 Å². The number of ether oxygens (including phenoxy) is 1. The molecule has 1 heterocycles. The molecule has 4 heteroatoms. The van der Waals surface area contributed by atoms with Crippen molar-refractivity contribution >= 4 is 21.7 Å². The molecule has 0 unspecified atom stereocenters. The molecule has 0 atom stereocenters. The Hall–Kier alpha value is -0.610. The van der Waals surface area contributed by atoms with E-state index in [1.807, 2.05) is 6.92 Å². The Kier molecular flexibility index (Phi) is 5.92. The van der Waals surface area contributed by atoms with Crippen LogP contribution in [-0.4, -0.2) is 31.8 Å². The average Bonchev–Trinajstić information content (AvgIpc) is 2.27. The van der Waals surface area contributed by atoms with E-state index in [1.54, 1.807) is 7.11 Å². The number of halogens is 1. The van der Waals surface area contributed by atoms with E-state index in [0.29, 0.717) is 5.92 Å². The van der Waals surface area contributed by atoms with Gasteiger partial charge >= 0.3 is 0 Å². The number of aryl methyl sites for hydroxylation is 1. The first-order chi connectivity index (χ1) is 8.04. The molecule has 0 N–H and O–H groups in total. The molecule has 0 aliphatic heterocycles. The van der Waals surface area contributed by atoms with Crippen LogP contribution in [0, 0.1) is 12.8 Å². The van der Waals surface area contributed by atoms with Crippen molar-refractivity contribution < 1.29 is 4.74 Å². The smallest absolute Gasteiger partial charge is 0.128 e. The van der Waals surface area contributed by atoms with Gasteiger partial charge in [-0.05, 0) is 40.9 Å². The van der Waals surface area contributed by atoms with Crippen molar-refractivity contribution in [3.63, 3.8) is 0 Å². The predicted molar refractivity (Wildman–Crippen MR) is 75.6 cm³/mol. The highest BCUT2D eigenvalue weighted by molar-refractivity contribution is 9.10. The van der Waals surface area contributed by atoms with Gasteiger partial charge in [-0.1, -0.05) is 13.8 Å². The lowest BCUT2D eigenvalue weighted by molar-refractivity contribution is 0.204. The number of pyridine rings is 1. The zero-order chi connectivity index (χ0) is 12.8. The van der Waals surface area contributed by atoms with Crippen LogP contribution in [0.1, 0.15) is 19.5 Å². The van der Waals surface area contributed by atoms with Gasteiger partial charge in [-0.3, -0.25) is 0 Å². The predicted octanol–water partition coefficient (Wildman–Crippen LogP) is 3.26. The van der Waals surface area contributed by atoms with Gasteiger partial charge in [-0.25, -0.2) is 4.98 Å². The molecule has 0 saturated carbocycles. The van der Waals surface area contributed by atoms with Gasteiger partial charge in [0.1, 0.15) is 5.82 Å². The fraction of sp³-hybridized carbons (Fsp3) is 0.615. The Balaban J connectivity index is 2.83. The van der Waals surface area contributed by atoms with E-state index in [4.69, 9.17) is 4.74 Å². The summed E-state index contributed by atoms with van der Waals surface area (Å²) in [6, 6.07) is 4.10. The summed E-state index contributed by atoms with van der Waals surface area (Å²) in [6.45, 7) is 9.04. The SMILES string of the molecule is COCCN(CC(C)C)c1ccc(Br)c(C)n1. The molecule has 0 aliphatic carbocycles. The number of aromatic nitrogens is 1. The minimum Gasteiger partial charge on any atom is -0.383 e. The highest BCUT2D eigenvalue weighted by atomic mass is 79.9. The quantitative estimate of drug-likeness (QED) is 0.806. The fourth-order valence-electron chi connectivity index (χ4n) is 1.65. The van der Waals surface area contributed by atoms with Crippen molar-refractivity contribution in [1.82, 2.24) is 4.98 Å². The van der Waals surface area contributed by atoms with E-state index in [1.165, 1.54) is 0 Å². The molecule has 0 amide bonds. The summed E-state index contributed by atoms with van der Waals surface area (Å²) in [5, 5.41) is 0. The second-order valence-corrected chi connectivity index (χ2v) is 5.42. The molecule has 17 heavy (non-hydrogen) atoms. The van der Waals surface area contributed by atoms with Crippen LogP contribution >= 0.6 is 15.9 Å². The zero-order valence-corrected chi connectivity index (χ0v) is 12.6. The van der Waals surface area contributed by atoms with Crippen LogP contribution in [0.4, 0.5) is 5.82 Å². The molecular weight excluding hydrogens is 280 g/mol. The molecule has 0 spiro atoms. The van der Waals surface area contributed by atoms with Crippen LogP contribution in [0.15, 0.2) is 16.6 Å². The second kappa shape index (κ2) is 6.97. The molecule has 0 fully saturated rings. The van der Waals surface area contributed by atoms with Crippen LogP contribution in [-0.2, 0) is 4.74 Å². The zero-order valence-electron chi connectivity index (χ0n) is 11.0. The first-order valence-corrected chi connectivity index (χ1v) is 6.71. The van der Waals surface area contributed by atoms with Gasteiger partial charge in [0.15, 0.2) is 0 Å². The summed E-state index contributed by atoms with van der Waals surface area (Å²) in [6.07, 6.45) is 0. The minimum absolute atomic E-state index is 0.609. The molecule has 0 aliphatic rings. The topological polar surface area (TPSA) is 25.4 Å². The monoisotopic (exact) mass is 300 g/mol. The molecule has 1 aromatic rings. The van der Waals surface area contributed by atoms with Gasteiger partial charge in [0.25, 0.3) is 0 Å². The fourth-order valence-corrected chi connectivity index (χ4v) is 1.87. The van der Waals surface area contributed by atoms with Crippen LogP contribution in [0.5, 0.6) is 0 Å². The van der Waals surface area contributed by atoms with Gasteiger partial charge < -0.3 is 9.64 Å². The van der Waals surface area contributed by atoms with E-state index < -0.39 is 0 Å². The highest BCUT2D eigenvalue weighted by Gasteiger charge is 2.10. The maximum atomic E-state index is 5.15. The van der Waals surface area contributed by atoms with E-state index >= 15 is 0 Å². The maximum Gasteiger partial charge on any atom is 0.128 e. The number of rotatable bonds is 6. The number of nitrogens with zero attached hydrogens (tertiary/aromatic N) is 2. The third-order valence-electron chi connectivity index (χ3n) is 2.48.